The van der Waals surface area contributed by atoms with E-state index in [4.69, 9.17) is 9.72 Å². The molecule has 2 N–H and O–H groups in total. The molecule has 7 rings (SSSR count). The lowest BCUT2D eigenvalue weighted by molar-refractivity contribution is -0.180. The highest BCUT2D eigenvalue weighted by Gasteiger charge is 2.53. The third-order valence-electron chi connectivity index (χ3n) is 7.82. The summed E-state index contributed by atoms with van der Waals surface area (Å²) in [4.78, 5) is 13.7. The van der Waals surface area contributed by atoms with E-state index in [0.717, 1.165) is 52.0 Å². The van der Waals surface area contributed by atoms with Crippen LogP contribution in [-0.2, 0) is 12.0 Å². The van der Waals surface area contributed by atoms with Gasteiger partial charge in [0.15, 0.2) is 5.82 Å². The SMILES string of the molecule is C[C@]1(O)C[C@](O)(c2ncc(-c3ccc4nc5n(c4c3)[C@@H]3C[C@H]5Cc4cccc(OC(F)F)c43)cn2)C1. The summed E-state index contributed by atoms with van der Waals surface area (Å²) < 4.78 is 33.4. The quantitative estimate of drug-likeness (QED) is 0.439. The molecule has 3 heterocycles. The number of fused-ring (bicyclic) bond motifs is 9. The molecule has 9 heteroatoms. The average molecular weight is 491 g/mol. The minimum Gasteiger partial charge on any atom is -0.434 e. The first-order valence-electron chi connectivity index (χ1n) is 12.1. The fraction of sp³-hybridized carbons (Fsp3) is 0.370. The van der Waals surface area contributed by atoms with Crippen molar-refractivity contribution in [1.29, 1.82) is 0 Å². The zero-order chi connectivity index (χ0) is 24.8. The topological polar surface area (TPSA) is 93.3 Å². The van der Waals surface area contributed by atoms with E-state index in [2.05, 4.69) is 14.5 Å². The Morgan fingerprint density at radius 2 is 1.86 bits per heavy atom. The fourth-order valence-electron chi connectivity index (χ4n) is 6.50. The van der Waals surface area contributed by atoms with Crippen LogP contribution in [-0.4, -0.2) is 41.9 Å². The van der Waals surface area contributed by atoms with Gasteiger partial charge < -0.3 is 19.5 Å². The Balaban J connectivity index is 1.28. The largest absolute Gasteiger partial charge is 0.434 e. The minimum absolute atomic E-state index is 0.122. The molecule has 0 spiro atoms. The number of hydrogen-bond acceptors (Lipinski definition) is 6. The number of ether oxygens (including phenoxy) is 1. The van der Waals surface area contributed by atoms with Crippen molar-refractivity contribution in [3.63, 3.8) is 0 Å². The maximum absolute atomic E-state index is 13.1. The maximum Gasteiger partial charge on any atom is 0.387 e. The molecule has 2 aliphatic carbocycles. The van der Waals surface area contributed by atoms with Crippen LogP contribution in [0, 0.1) is 0 Å². The second kappa shape index (κ2) is 7.30. The van der Waals surface area contributed by atoms with E-state index in [1.807, 2.05) is 24.3 Å². The van der Waals surface area contributed by atoms with E-state index in [1.54, 1.807) is 31.5 Å². The van der Waals surface area contributed by atoms with E-state index >= 15 is 0 Å². The van der Waals surface area contributed by atoms with Gasteiger partial charge in [-0.25, -0.2) is 15.0 Å². The Labute approximate surface area is 205 Å². The van der Waals surface area contributed by atoms with Crippen molar-refractivity contribution in [2.24, 2.45) is 0 Å². The Hall–Kier alpha value is -3.43. The van der Waals surface area contributed by atoms with Crippen LogP contribution in [0.25, 0.3) is 22.2 Å². The molecule has 3 aliphatic rings. The van der Waals surface area contributed by atoms with Crippen molar-refractivity contribution < 1.29 is 23.7 Å². The van der Waals surface area contributed by atoms with Crippen molar-refractivity contribution in [3.05, 3.63) is 71.6 Å². The van der Waals surface area contributed by atoms with Crippen molar-refractivity contribution in [2.45, 2.75) is 62.4 Å². The van der Waals surface area contributed by atoms with Gasteiger partial charge >= 0.3 is 6.61 Å². The lowest BCUT2D eigenvalue weighted by Crippen LogP contribution is -2.53. The van der Waals surface area contributed by atoms with Crippen LogP contribution >= 0.6 is 0 Å². The van der Waals surface area contributed by atoms with E-state index in [9.17, 15) is 19.0 Å². The second-order valence-corrected chi connectivity index (χ2v) is 10.6. The van der Waals surface area contributed by atoms with Crippen LogP contribution in [0.2, 0.25) is 0 Å². The molecular formula is C27H24F2N4O3. The van der Waals surface area contributed by atoms with Gasteiger partial charge in [0.1, 0.15) is 17.2 Å². The highest BCUT2D eigenvalue weighted by molar-refractivity contribution is 5.83. The van der Waals surface area contributed by atoms with E-state index in [-0.39, 0.29) is 30.6 Å². The van der Waals surface area contributed by atoms with Crippen LogP contribution in [0.15, 0.2) is 48.8 Å². The first kappa shape index (κ1) is 21.8. The number of rotatable bonds is 4. The molecule has 2 aromatic carbocycles. The van der Waals surface area contributed by atoms with E-state index in [1.165, 1.54) is 0 Å². The number of benzene rings is 2. The Bertz CT molecular complexity index is 1510. The molecule has 7 nitrogen and oxygen atoms in total. The summed E-state index contributed by atoms with van der Waals surface area (Å²) in [6.45, 7) is -1.20. The van der Waals surface area contributed by atoms with Gasteiger partial charge in [-0.3, -0.25) is 0 Å². The molecule has 0 saturated heterocycles. The van der Waals surface area contributed by atoms with Gasteiger partial charge in [0.25, 0.3) is 0 Å². The van der Waals surface area contributed by atoms with Gasteiger partial charge in [-0.15, -0.1) is 0 Å². The van der Waals surface area contributed by atoms with Crippen molar-refractivity contribution in [3.8, 4) is 16.9 Å². The van der Waals surface area contributed by atoms with Crippen LogP contribution in [0.4, 0.5) is 8.78 Å². The number of alkyl halides is 2. The predicted octanol–water partition coefficient (Wildman–Crippen LogP) is 4.46. The molecule has 2 bridgehead atoms. The number of hydrogen-bond donors (Lipinski definition) is 2. The van der Waals surface area contributed by atoms with Crippen molar-refractivity contribution in [2.75, 3.05) is 0 Å². The minimum atomic E-state index is -2.88. The maximum atomic E-state index is 13.1. The van der Waals surface area contributed by atoms with E-state index in [0.29, 0.717) is 5.82 Å². The lowest BCUT2D eigenvalue weighted by Gasteiger charge is -2.46. The summed E-state index contributed by atoms with van der Waals surface area (Å²) in [7, 11) is 0. The highest BCUT2D eigenvalue weighted by atomic mass is 19.3. The van der Waals surface area contributed by atoms with Gasteiger partial charge in [0, 0.05) is 42.3 Å². The molecule has 1 aliphatic heterocycles. The molecule has 36 heavy (non-hydrogen) atoms. The number of nitrogens with zero attached hydrogens (tertiary/aromatic N) is 4. The molecule has 0 unspecified atom stereocenters. The summed E-state index contributed by atoms with van der Waals surface area (Å²) in [6, 6.07) is 11.2. The summed E-state index contributed by atoms with van der Waals surface area (Å²) in [5.74, 6) is 1.73. The Morgan fingerprint density at radius 3 is 2.58 bits per heavy atom. The van der Waals surface area contributed by atoms with Crippen molar-refractivity contribution >= 4 is 11.0 Å². The summed E-state index contributed by atoms with van der Waals surface area (Å²) in [5.41, 5.74) is 3.19. The van der Waals surface area contributed by atoms with Crippen LogP contribution < -0.4 is 4.74 Å². The van der Waals surface area contributed by atoms with Gasteiger partial charge in [-0.2, -0.15) is 8.78 Å². The summed E-state index contributed by atoms with van der Waals surface area (Å²) in [6.07, 6.45) is 5.31. The number of halogens is 2. The Morgan fingerprint density at radius 1 is 1.08 bits per heavy atom. The first-order valence-corrected chi connectivity index (χ1v) is 12.1. The van der Waals surface area contributed by atoms with Crippen LogP contribution in [0.1, 0.15) is 60.9 Å². The molecular weight excluding hydrogens is 466 g/mol. The number of imidazole rings is 1. The van der Waals surface area contributed by atoms with E-state index < -0.39 is 17.8 Å². The molecule has 184 valence electrons. The smallest absolute Gasteiger partial charge is 0.387 e. The molecule has 2 atom stereocenters. The average Bonchev–Trinajstić information content (AvgIpc) is 3.33. The number of aromatic nitrogens is 4. The van der Waals surface area contributed by atoms with Gasteiger partial charge in [0.05, 0.1) is 22.7 Å². The van der Waals surface area contributed by atoms with Gasteiger partial charge in [-0.05, 0) is 49.1 Å². The third kappa shape index (κ3) is 3.19. The Kier molecular flexibility index (Phi) is 4.43. The van der Waals surface area contributed by atoms with Gasteiger partial charge in [-0.1, -0.05) is 18.2 Å². The molecule has 1 saturated carbocycles. The molecule has 2 aromatic heterocycles. The summed E-state index contributed by atoms with van der Waals surface area (Å²) in [5, 5.41) is 20.7. The molecule has 0 radical (unpaired) electrons. The molecule has 1 fully saturated rings. The fourth-order valence-corrected chi connectivity index (χ4v) is 6.50. The second-order valence-electron chi connectivity index (χ2n) is 10.6. The zero-order valence-corrected chi connectivity index (χ0v) is 19.5. The third-order valence-corrected chi connectivity index (χ3v) is 7.82. The monoisotopic (exact) mass is 490 g/mol. The first-order chi connectivity index (χ1) is 17.2. The predicted molar refractivity (Wildman–Crippen MR) is 127 cm³/mol. The normalized spacial score (nSPS) is 28.2. The zero-order valence-electron chi connectivity index (χ0n) is 19.5. The van der Waals surface area contributed by atoms with Crippen molar-refractivity contribution in [1.82, 2.24) is 19.5 Å². The molecule has 4 aromatic rings. The summed E-state index contributed by atoms with van der Waals surface area (Å²) >= 11 is 0. The number of aliphatic hydroxyl groups is 2. The van der Waals surface area contributed by atoms with Crippen LogP contribution in [0.5, 0.6) is 5.75 Å². The van der Waals surface area contributed by atoms with Gasteiger partial charge in [0.2, 0.25) is 0 Å². The van der Waals surface area contributed by atoms with Crippen LogP contribution in [0.3, 0.4) is 0 Å². The lowest BCUT2D eigenvalue weighted by atomic mass is 9.68. The molecule has 0 amide bonds. The standard InChI is InChI=1S/C27H24F2N4O3/c1-26(34)12-27(35,13-26)24-30-10-17(11-31-24)14-5-6-18-19(8-14)33-20-9-16(23(33)32-18)7-15-3-2-4-21(22(15)20)36-25(28)29/h2-6,8,10-11,16,20,25,34-35H,7,9,12-13H2,1H3/t16-,20-,26-,27+/m1/s1. The highest BCUT2D eigenvalue weighted by Crippen LogP contribution is 2.52.